The van der Waals surface area contributed by atoms with E-state index in [2.05, 4.69) is 20.2 Å². The van der Waals surface area contributed by atoms with Crippen LogP contribution in [0.15, 0.2) is 36.4 Å². The summed E-state index contributed by atoms with van der Waals surface area (Å²) in [5.74, 6) is 0.759. The molecule has 4 rings (SSSR count). The lowest BCUT2D eigenvalue weighted by molar-refractivity contribution is 0.301. The summed E-state index contributed by atoms with van der Waals surface area (Å²) in [6.07, 6.45) is 2.20. The highest BCUT2D eigenvalue weighted by atomic mass is 19.1. The van der Waals surface area contributed by atoms with Crippen molar-refractivity contribution in [2.24, 2.45) is 0 Å². The van der Waals surface area contributed by atoms with Gasteiger partial charge in [0.25, 0.3) is 0 Å². The van der Waals surface area contributed by atoms with Crippen LogP contribution in [0, 0.1) is 5.82 Å². The second-order valence-electron chi connectivity index (χ2n) is 5.61. The van der Waals surface area contributed by atoms with Crippen LogP contribution in [0.5, 0.6) is 0 Å². The molecule has 2 heterocycles. The Bertz CT molecular complexity index is 845. The van der Waals surface area contributed by atoms with E-state index in [0.717, 1.165) is 18.7 Å². The quantitative estimate of drug-likeness (QED) is 0.779. The van der Waals surface area contributed by atoms with Gasteiger partial charge in [0, 0.05) is 12.6 Å². The molecule has 1 aliphatic carbocycles. The number of anilines is 1. The van der Waals surface area contributed by atoms with Crippen LogP contribution < -0.4 is 4.90 Å². The zero-order valence-electron chi connectivity index (χ0n) is 12.4. The van der Waals surface area contributed by atoms with Crippen molar-refractivity contribution in [3.05, 3.63) is 42.2 Å². The molecular weight excluding hydrogens is 297 g/mol. The number of hydrogen-bond acceptors (Lipinski definition) is 5. The number of aliphatic hydroxyl groups excluding tert-OH is 1. The van der Waals surface area contributed by atoms with E-state index in [4.69, 9.17) is 0 Å². The first kappa shape index (κ1) is 14.1. The number of hydrogen-bond donors (Lipinski definition) is 1. The smallest absolute Gasteiger partial charge is 0.188 e. The third-order valence-corrected chi connectivity index (χ3v) is 3.99. The normalized spacial score (nSPS) is 14.3. The van der Waals surface area contributed by atoms with Crippen LogP contribution in [0.1, 0.15) is 12.8 Å². The highest BCUT2D eigenvalue weighted by Gasteiger charge is 2.30. The van der Waals surface area contributed by atoms with Crippen molar-refractivity contribution in [3.63, 3.8) is 0 Å². The SMILES string of the molecule is OCCN(c1ccc2nnc(-c3ccccc3F)n2n1)C1CC1. The molecule has 1 aromatic carbocycles. The number of aromatic nitrogens is 4. The molecule has 0 atom stereocenters. The number of benzene rings is 1. The number of fused-ring (bicyclic) bond motifs is 1. The Morgan fingerprint density at radius 2 is 2.00 bits per heavy atom. The number of halogens is 1. The minimum atomic E-state index is -0.358. The van der Waals surface area contributed by atoms with E-state index in [1.807, 2.05) is 12.1 Å². The second kappa shape index (κ2) is 5.58. The molecule has 0 spiro atoms. The summed E-state index contributed by atoms with van der Waals surface area (Å²) in [6, 6.07) is 10.5. The van der Waals surface area contributed by atoms with Crippen LogP contribution in [0.25, 0.3) is 17.0 Å². The third kappa shape index (κ3) is 2.53. The average Bonchev–Trinajstić information content (AvgIpc) is 3.32. The van der Waals surface area contributed by atoms with Gasteiger partial charge >= 0.3 is 0 Å². The van der Waals surface area contributed by atoms with Crippen LogP contribution in [0.4, 0.5) is 10.2 Å². The highest BCUT2D eigenvalue weighted by molar-refractivity contribution is 5.60. The first-order chi connectivity index (χ1) is 11.3. The number of aliphatic hydroxyl groups is 1. The Labute approximate surface area is 132 Å². The van der Waals surface area contributed by atoms with Crippen molar-refractivity contribution >= 4 is 11.5 Å². The largest absolute Gasteiger partial charge is 0.395 e. The number of rotatable bonds is 5. The van der Waals surface area contributed by atoms with Gasteiger partial charge in [0.15, 0.2) is 11.5 Å². The first-order valence-electron chi connectivity index (χ1n) is 7.63. The fourth-order valence-corrected chi connectivity index (χ4v) is 2.72. The van der Waals surface area contributed by atoms with Gasteiger partial charge < -0.3 is 10.0 Å². The van der Waals surface area contributed by atoms with Crippen molar-refractivity contribution in [2.45, 2.75) is 18.9 Å². The van der Waals surface area contributed by atoms with Gasteiger partial charge in [-0.05, 0) is 37.1 Å². The minimum absolute atomic E-state index is 0.0680. The highest BCUT2D eigenvalue weighted by Crippen LogP contribution is 2.30. The zero-order chi connectivity index (χ0) is 15.8. The van der Waals surface area contributed by atoms with Gasteiger partial charge in [0.2, 0.25) is 0 Å². The maximum atomic E-state index is 14.0. The van der Waals surface area contributed by atoms with Crippen molar-refractivity contribution in [1.29, 1.82) is 0 Å². The zero-order valence-corrected chi connectivity index (χ0v) is 12.4. The first-order valence-corrected chi connectivity index (χ1v) is 7.63. The minimum Gasteiger partial charge on any atom is -0.395 e. The van der Waals surface area contributed by atoms with Gasteiger partial charge in [-0.25, -0.2) is 4.39 Å². The maximum absolute atomic E-state index is 14.0. The van der Waals surface area contributed by atoms with Crippen LogP contribution in [-0.2, 0) is 0 Å². The van der Waals surface area contributed by atoms with Crippen LogP contribution in [-0.4, -0.2) is 44.1 Å². The Morgan fingerprint density at radius 1 is 1.17 bits per heavy atom. The topological polar surface area (TPSA) is 66.5 Å². The van der Waals surface area contributed by atoms with E-state index >= 15 is 0 Å². The molecule has 3 aromatic rings. The lowest BCUT2D eigenvalue weighted by Crippen LogP contribution is -2.30. The predicted octanol–water partition coefficient (Wildman–Crippen LogP) is 1.89. The van der Waals surface area contributed by atoms with Crippen LogP contribution >= 0.6 is 0 Å². The Balaban J connectivity index is 1.81. The second-order valence-corrected chi connectivity index (χ2v) is 5.61. The molecule has 0 aliphatic heterocycles. The van der Waals surface area contributed by atoms with Gasteiger partial charge in [-0.2, -0.15) is 4.52 Å². The average molecular weight is 313 g/mol. The van der Waals surface area contributed by atoms with Crippen LogP contribution in [0.2, 0.25) is 0 Å². The molecule has 0 amide bonds. The van der Waals surface area contributed by atoms with Crippen molar-refractivity contribution in [1.82, 2.24) is 19.8 Å². The summed E-state index contributed by atoms with van der Waals surface area (Å²) in [7, 11) is 0. The molecular formula is C16H16FN5O. The molecule has 118 valence electrons. The molecule has 1 aliphatic rings. The predicted molar refractivity (Wildman–Crippen MR) is 83.6 cm³/mol. The molecule has 0 unspecified atom stereocenters. The summed E-state index contributed by atoms with van der Waals surface area (Å²) >= 11 is 0. The van der Waals surface area contributed by atoms with Crippen molar-refractivity contribution in [2.75, 3.05) is 18.1 Å². The molecule has 0 saturated heterocycles. The van der Waals surface area contributed by atoms with Crippen molar-refractivity contribution in [3.8, 4) is 11.4 Å². The molecule has 2 aromatic heterocycles. The van der Waals surface area contributed by atoms with Gasteiger partial charge in [0.1, 0.15) is 11.6 Å². The summed E-state index contributed by atoms with van der Waals surface area (Å²) in [4.78, 5) is 2.07. The molecule has 23 heavy (non-hydrogen) atoms. The van der Waals surface area contributed by atoms with E-state index in [1.54, 1.807) is 22.7 Å². The molecule has 1 saturated carbocycles. The van der Waals surface area contributed by atoms with E-state index < -0.39 is 0 Å². The van der Waals surface area contributed by atoms with Crippen molar-refractivity contribution < 1.29 is 9.50 Å². The van der Waals surface area contributed by atoms with Gasteiger partial charge in [-0.1, -0.05) is 12.1 Å². The van der Waals surface area contributed by atoms with E-state index in [1.165, 1.54) is 6.07 Å². The third-order valence-electron chi connectivity index (χ3n) is 3.99. The monoisotopic (exact) mass is 313 g/mol. The van der Waals surface area contributed by atoms with E-state index in [9.17, 15) is 9.50 Å². The molecule has 0 radical (unpaired) electrons. The molecule has 6 nitrogen and oxygen atoms in total. The fourth-order valence-electron chi connectivity index (χ4n) is 2.72. The lowest BCUT2D eigenvalue weighted by atomic mass is 10.2. The maximum Gasteiger partial charge on any atom is 0.188 e. The summed E-state index contributed by atoms with van der Waals surface area (Å²) in [6.45, 7) is 0.596. The number of nitrogens with zero attached hydrogens (tertiary/aromatic N) is 5. The Kier molecular flexibility index (Phi) is 3.42. The lowest BCUT2D eigenvalue weighted by Gasteiger charge is -2.22. The summed E-state index contributed by atoms with van der Waals surface area (Å²) in [5.41, 5.74) is 0.927. The molecule has 1 fully saturated rings. The summed E-state index contributed by atoms with van der Waals surface area (Å²) in [5, 5.41) is 22.0. The van der Waals surface area contributed by atoms with Gasteiger partial charge in [0.05, 0.1) is 12.2 Å². The molecule has 0 bridgehead atoms. The van der Waals surface area contributed by atoms with Gasteiger partial charge in [-0.15, -0.1) is 15.3 Å². The van der Waals surface area contributed by atoms with Gasteiger partial charge in [-0.3, -0.25) is 0 Å². The van der Waals surface area contributed by atoms with E-state index in [0.29, 0.717) is 29.6 Å². The Hall–Kier alpha value is -2.54. The standard InChI is InChI=1S/C16H16FN5O/c17-13-4-2-1-3-12(13)16-19-18-14-7-8-15(20-22(14)16)21(9-10-23)11-5-6-11/h1-4,7-8,11,23H,5-6,9-10H2. The molecule has 1 N–H and O–H groups in total. The molecule has 7 heteroatoms. The Morgan fingerprint density at radius 3 is 2.74 bits per heavy atom. The van der Waals surface area contributed by atoms with E-state index in [-0.39, 0.29) is 12.4 Å². The summed E-state index contributed by atoms with van der Waals surface area (Å²) < 4.78 is 15.6. The van der Waals surface area contributed by atoms with Crippen LogP contribution in [0.3, 0.4) is 0 Å². The fraction of sp³-hybridized carbons (Fsp3) is 0.312.